The van der Waals surface area contributed by atoms with Gasteiger partial charge >= 0.3 is 0 Å². The van der Waals surface area contributed by atoms with Crippen molar-refractivity contribution < 1.29 is 9.84 Å². The monoisotopic (exact) mass is 316 g/mol. The van der Waals surface area contributed by atoms with E-state index in [0.29, 0.717) is 10.8 Å². The maximum absolute atomic E-state index is 10.1. The third-order valence-corrected chi connectivity index (χ3v) is 9.25. The van der Waals surface area contributed by atoms with E-state index >= 15 is 0 Å². The predicted molar refractivity (Wildman–Crippen MR) is 91.0 cm³/mol. The van der Waals surface area contributed by atoms with Crippen molar-refractivity contribution in [2.24, 2.45) is 28.6 Å². The Morgan fingerprint density at radius 2 is 1.83 bits per heavy atom. The van der Waals surface area contributed by atoms with E-state index in [1.54, 1.807) is 5.57 Å². The van der Waals surface area contributed by atoms with Gasteiger partial charge in [0.1, 0.15) is 0 Å². The highest BCUT2D eigenvalue weighted by Crippen LogP contribution is 2.69. The highest BCUT2D eigenvalue weighted by Gasteiger charge is 2.66. The molecule has 1 saturated heterocycles. The highest BCUT2D eigenvalue weighted by atomic mass is 16.5. The van der Waals surface area contributed by atoms with Crippen LogP contribution in [0.15, 0.2) is 11.6 Å². The van der Waals surface area contributed by atoms with Crippen LogP contribution in [0, 0.1) is 28.6 Å². The van der Waals surface area contributed by atoms with E-state index in [9.17, 15) is 5.11 Å². The molecular weight excluding hydrogens is 284 g/mol. The van der Waals surface area contributed by atoms with E-state index < -0.39 is 0 Å². The molecule has 5 aliphatic rings. The largest absolute Gasteiger partial charge is 0.393 e. The van der Waals surface area contributed by atoms with Crippen molar-refractivity contribution >= 4 is 0 Å². The lowest BCUT2D eigenvalue weighted by Crippen LogP contribution is -2.59. The third kappa shape index (κ3) is 1.73. The minimum atomic E-state index is -0.0853. The van der Waals surface area contributed by atoms with E-state index in [-0.39, 0.29) is 11.7 Å². The second-order valence-electron chi connectivity index (χ2n) is 9.74. The van der Waals surface area contributed by atoms with Crippen LogP contribution in [0.1, 0.15) is 71.6 Å². The van der Waals surface area contributed by atoms with Gasteiger partial charge in [-0.15, -0.1) is 0 Å². The van der Waals surface area contributed by atoms with Gasteiger partial charge in [0.25, 0.3) is 0 Å². The Balaban J connectivity index is 1.49. The molecule has 0 aromatic rings. The van der Waals surface area contributed by atoms with E-state index in [1.807, 2.05) is 0 Å². The standard InChI is InChI=1S/C21H32O2/c1-19-8-5-15(22)13-14(19)3-4-16-17(19)6-9-20(2)18(16)7-10-21(20)11-12-23-21/h3,15-18,22H,4-13H2,1-2H3/t15-,16-,17+,18-,19+,20+,21-/m1/s1. The normalized spacial score (nSPS) is 58.0. The molecule has 4 aliphatic carbocycles. The first-order chi connectivity index (χ1) is 11.0. The van der Waals surface area contributed by atoms with Gasteiger partial charge in [-0.3, -0.25) is 0 Å². The van der Waals surface area contributed by atoms with Gasteiger partial charge in [0.2, 0.25) is 0 Å². The average molecular weight is 316 g/mol. The Morgan fingerprint density at radius 3 is 2.57 bits per heavy atom. The summed E-state index contributed by atoms with van der Waals surface area (Å²) >= 11 is 0. The molecule has 0 amide bonds. The molecule has 7 atom stereocenters. The first-order valence-electron chi connectivity index (χ1n) is 10.0. The lowest BCUT2D eigenvalue weighted by Gasteiger charge is -2.61. The number of ether oxygens (including phenoxy) is 1. The van der Waals surface area contributed by atoms with Crippen molar-refractivity contribution in [3.8, 4) is 0 Å². The smallest absolute Gasteiger partial charge is 0.0760 e. The summed E-state index contributed by atoms with van der Waals surface area (Å²) in [5.41, 5.74) is 2.65. The topological polar surface area (TPSA) is 29.5 Å². The zero-order valence-corrected chi connectivity index (χ0v) is 14.8. The van der Waals surface area contributed by atoms with Crippen molar-refractivity contribution in [2.45, 2.75) is 83.3 Å². The minimum absolute atomic E-state index is 0.0853. The maximum Gasteiger partial charge on any atom is 0.0760 e. The molecule has 23 heavy (non-hydrogen) atoms. The lowest BCUT2D eigenvalue weighted by molar-refractivity contribution is -0.225. The molecule has 2 heteroatoms. The number of allylic oxidation sites excluding steroid dienone is 1. The van der Waals surface area contributed by atoms with Gasteiger partial charge in [-0.25, -0.2) is 0 Å². The Kier molecular flexibility index (Phi) is 3.01. The Hall–Kier alpha value is -0.340. The van der Waals surface area contributed by atoms with Crippen molar-refractivity contribution in [1.29, 1.82) is 0 Å². The molecule has 0 bridgehead atoms. The zero-order valence-electron chi connectivity index (χ0n) is 14.8. The summed E-state index contributed by atoms with van der Waals surface area (Å²) in [5, 5.41) is 10.1. The van der Waals surface area contributed by atoms with Gasteiger partial charge in [-0.1, -0.05) is 25.5 Å². The summed E-state index contributed by atoms with van der Waals surface area (Å²) in [7, 11) is 0. The Labute approximate surface area is 140 Å². The SMILES string of the molecule is C[C@]12CC[C@@H](O)CC1=CC[C@H]1[C@H]3CC[C@@]4(CCO4)[C@@]3(C)CC[C@@H]12. The van der Waals surface area contributed by atoms with Crippen LogP contribution in [0.2, 0.25) is 0 Å². The Morgan fingerprint density at radius 1 is 1.04 bits per heavy atom. The van der Waals surface area contributed by atoms with Crippen molar-refractivity contribution in [3.63, 3.8) is 0 Å². The van der Waals surface area contributed by atoms with E-state index in [1.165, 1.54) is 44.9 Å². The van der Waals surface area contributed by atoms with Crippen molar-refractivity contribution in [3.05, 3.63) is 11.6 Å². The summed E-state index contributed by atoms with van der Waals surface area (Å²) in [6.07, 6.45) is 13.6. The van der Waals surface area contributed by atoms with Crippen LogP contribution >= 0.6 is 0 Å². The van der Waals surface area contributed by atoms with E-state index in [2.05, 4.69) is 19.9 Å². The number of aliphatic hydroxyl groups is 1. The van der Waals surface area contributed by atoms with Crippen LogP contribution in [-0.2, 0) is 4.74 Å². The fraction of sp³-hybridized carbons (Fsp3) is 0.905. The van der Waals surface area contributed by atoms with Crippen LogP contribution in [0.4, 0.5) is 0 Å². The average Bonchev–Trinajstić information content (AvgIpc) is 2.81. The molecule has 3 saturated carbocycles. The summed E-state index contributed by atoms with van der Waals surface area (Å²) in [4.78, 5) is 0. The molecule has 0 aromatic heterocycles. The summed E-state index contributed by atoms with van der Waals surface area (Å²) < 4.78 is 6.23. The summed E-state index contributed by atoms with van der Waals surface area (Å²) in [6.45, 7) is 6.08. The first kappa shape index (κ1) is 15.0. The fourth-order valence-electron chi connectivity index (χ4n) is 7.73. The number of hydrogen-bond acceptors (Lipinski definition) is 2. The number of hydrogen-bond donors (Lipinski definition) is 1. The molecule has 128 valence electrons. The zero-order chi connectivity index (χ0) is 15.9. The van der Waals surface area contributed by atoms with Crippen molar-refractivity contribution in [1.82, 2.24) is 0 Å². The highest BCUT2D eigenvalue weighted by molar-refractivity contribution is 5.26. The molecule has 2 nitrogen and oxygen atoms in total. The molecule has 1 spiro atoms. The minimum Gasteiger partial charge on any atom is -0.393 e. The van der Waals surface area contributed by atoms with Crippen molar-refractivity contribution in [2.75, 3.05) is 6.61 Å². The second kappa shape index (κ2) is 4.64. The number of aliphatic hydroxyl groups excluding tert-OH is 1. The van der Waals surface area contributed by atoms with Crippen LogP contribution in [-0.4, -0.2) is 23.4 Å². The summed E-state index contributed by atoms with van der Waals surface area (Å²) in [5.74, 6) is 2.58. The van der Waals surface area contributed by atoms with Crippen LogP contribution < -0.4 is 0 Å². The molecule has 5 rings (SSSR count). The Bertz CT molecular complexity index is 548. The van der Waals surface area contributed by atoms with E-state index in [4.69, 9.17) is 4.74 Å². The first-order valence-corrected chi connectivity index (χ1v) is 10.0. The molecule has 4 fully saturated rings. The van der Waals surface area contributed by atoms with Crippen LogP contribution in [0.5, 0.6) is 0 Å². The second-order valence-corrected chi connectivity index (χ2v) is 9.74. The number of rotatable bonds is 0. The summed E-state index contributed by atoms with van der Waals surface area (Å²) in [6, 6.07) is 0. The molecule has 1 aliphatic heterocycles. The maximum atomic E-state index is 10.1. The van der Waals surface area contributed by atoms with Gasteiger partial charge < -0.3 is 9.84 Å². The predicted octanol–water partition coefficient (Wildman–Crippen LogP) is 4.47. The van der Waals surface area contributed by atoms with Gasteiger partial charge in [0, 0.05) is 6.42 Å². The van der Waals surface area contributed by atoms with E-state index in [0.717, 1.165) is 37.2 Å². The van der Waals surface area contributed by atoms with Crippen LogP contribution in [0.25, 0.3) is 0 Å². The quantitative estimate of drug-likeness (QED) is 0.668. The molecule has 1 N–H and O–H groups in total. The molecule has 0 aromatic carbocycles. The molecule has 0 radical (unpaired) electrons. The lowest BCUT2D eigenvalue weighted by atomic mass is 9.46. The molecule has 0 unspecified atom stereocenters. The van der Waals surface area contributed by atoms with Gasteiger partial charge in [-0.2, -0.15) is 0 Å². The van der Waals surface area contributed by atoms with Gasteiger partial charge in [0.05, 0.1) is 18.3 Å². The third-order valence-electron chi connectivity index (χ3n) is 9.25. The van der Waals surface area contributed by atoms with Gasteiger partial charge in [-0.05, 0) is 80.0 Å². The fourth-order valence-corrected chi connectivity index (χ4v) is 7.73. The van der Waals surface area contributed by atoms with Gasteiger partial charge in [0.15, 0.2) is 0 Å². The molecule has 1 heterocycles. The van der Waals surface area contributed by atoms with Crippen LogP contribution in [0.3, 0.4) is 0 Å². The molecular formula is C21H32O2. The number of fused-ring (bicyclic) bond motifs is 6.